The van der Waals surface area contributed by atoms with E-state index < -0.39 is 6.29 Å². The summed E-state index contributed by atoms with van der Waals surface area (Å²) in [5.41, 5.74) is 3.30. The maximum absolute atomic E-state index is 10.1. The molecule has 4 heteroatoms. The van der Waals surface area contributed by atoms with Crippen LogP contribution in [0.5, 0.6) is 5.75 Å². The predicted octanol–water partition coefficient (Wildman–Crippen LogP) is 3.35. The lowest BCUT2D eigenvalue weighted by atomic mass is 10.1. The third kappa shape index (κ3) is 2.96. The van der Waals surface area contributed by atoms with Gasteiger partial charge in [-0.25, -0.2) is 0 Å². The highest BCUT2D eigenvalue weighted by Gasteiger charge is 2.28. The third-order valence-electron chi connectivity index (χ3n) is 3.44. The van der Waals surface area contributed by atoms with Gasteiger partial charge in [0.15, 0.2) is 6.29 Å². The van der Waals surface area contributed by atoms with Gasteiger partial charge in [-0.15, -0.1) is 0 Å². The van der Waals surface area contributed by atoms with Crippen LogP contribution in [-0.4, -0.2) is 16.7 Å². The molecule has 108 valence electrons. The fraction of sp³-hybridized carbons (Fsp3) is 0.235. The monoisotopic (exact) mass is 283 g/mol. The standard InChI is InChI=1S/C17H17NO3/c1-12-16(19)15-14(10-18-12)11-21-17(15)20-9-5-8-13-6-3-2-4-7-13/h2-8,10,17,19H,9,11H2,1H3/b8-5+. The van der Waals surface area contributed by atoms with Crippen molar-refractivity contribution in [1.82, 2.24) is 4.98 Å². The van der Waals surface area contributed by atoms with Gasteiger partial charge in [-0.1, -0.05) is 42.5 Å². The van der Waals surface area contributed by atoms with Crippen LogP contribution < -0.4 is 0 Å². The maximum atomic E-state index is 10.1. The van der Waals surface area contributed by atoms with Crippen LogP contribution >= 0.6 is 0 Å². The van der Waals surface area contributed by atoms with Gasteiger partial charge in [0.1, 0.15) is 5.75 Å². The minimum atomic E-state index is -0.526. The Morgan fingerprint density at radius 1 is 1.38 bits per heavy atom. The molecule has 21 heavy (non-hydrogen) atoms. The van der Waals surface area contributed by atoms with Gasteiger partial charge in [-0.3, -0.25) is 4.98 Å². The Balaban J connectivity index is 1.64. The van der Waals surface area contributed by atoms with Crippen molar-refractivity contribution >= 4 is 6.08 Å². The molecular formula is C17H17NO3. The van der Waals surface area contributed by atoms with Crippen LogP contribution in [0, 0.1) is 6.92 Å². The van der Waals surface area contributed by atoms with Crippen LogP contribution in [0.15, 0.2) is 42.6 Å². The summed E-state index contributed by atoms with van der Waals surface area (Å²) in [7, 11) is 0. The number of ether oxygens (including phenoxy) is 2. The SMILES string of the molecule is Cc1ncc2c(c1O)C(OC/C=C/c1ccccc1)OC2. The van der Waals surface area contributed by atoms with Crippen LogP contribution in [-0.2, 0) is 16.1 Å². The molecule has 0 saturated heterocycles. The molecular weight excluding hydrogens is 266 g/mol. The fourth-order valence-corrected chi connectivity index (χ4v) is 2.30. The van der Waals surface area contributed by atoms with Crippen LogP contribution in [0.3, 0.4) is 0 Å². The molecule has 3 rings (SSSR count). The highest BCUT2D eigenvalue weighted by Crippen LogP contribution is 2.38. The van der Waals surface area contributed by atoms with Gasteiger partial charge in [0.25, 0.3) is 0 Å². The lowest BCUT2D eigenvalue weighted by molar-refractivity contribution is -0.130. The Kier molecular flexibility index (Phi) is 3.99. The summed E-state index contributed by atoms with van der Waals surface area (Å²) < 4.78 is 11.2. The number of rotatable bonds is 4. The molecule has 4 nitrogen and oxygen atoms in total. The average Bonchev–Trinajstić information content (AvgIpc) is 2.92. The van der Waals surface area contributed by atoms with Gasteiger partial charge in [0.05, 0.1) is 24.5 Å². The van der Waals surface area contributed by atoms with Crippen LogP contribution in [0.2, 0.25) is 0 Å². The molecule has 1 aromatic heterocycles. The number of aryl methyl sites for hydroxylation is 1. The highest BCUT2D eigenvalue weighted by atomic mass is 16.7. The molecule has 0 amide bonds. The predicted molar refractivity (Wildman–Crippen MR) is 79.6 cm³/mol. The van der Waals surface area contributed by atoms with E-state index in [-0.39, 0.29) is 5.75 Å². The number of aromatic nitrogens is 1. The quantitative estimate of drug-likeness (QED) is 0.935. The summed E-state index contributed by atoms with van der Waals surface area (Å²) in [6.07, 6.45) is 5.13. The van der Waals surface area contributed by atoms with Crippen molar-refractivity contribution in [2.75, 3.05) is 6.61 Å². The Hall–Kier alpha value is -2.17. The first kappa shape index (κ1) is 13.8. The van der Waals surface area contributed by atoms with E-state index in [2.05, 4.69) is 4.98 Å². The van der Waals surface area contributed by atoms with Crippen molar-refractivity contribution in [2.45, 2.75) is 19.8 Å². The van der Waals surface area contributed by atoms with Crippen LogP contribution in [0.1, 0.15) is 28.7 Å². The molecule has 0 saturated carbocycles. The summed E-state index contributed by atoms with van der Waals surface area (Å²) in [4.78, 5) is 4.12. The van der Waals surface area contributed by atoms with E-state index in [1.165, 1.54) is 0 Å². The molecule has 2 aromatic rings. The minimum Gasteiger partial charge on any atom is -0.506 e. The Morgan fingerprint density at radius 3 is 3.00 bits per heavy atom. The first-order valence-corrected chi connectivity index (χ1v) is 6.88. The minimum absolute atomic E-state index is 0.169. The van der Waals surface area contributed by atoms with Crippen molar-refractivity contribution < 1.29 is 14.6 Å². The molecule has 2 heterocycles. The highest BCUT2D eigenvalue weighted by molar-refractivity contribution is 5.48. The molecule has 1 aromatic carbocycles. The zero-order valence-corrected chi connectivity index (χ0v) is 11.8. The van der Waals surface area contributed by atoms with Crippen molar-refractivity contribution in [3.05, 3.63) is 65.0 Å². The Morgan fingerprint density at radius 2 is 2.19 bits per heavy atom. The zero-order chi connectivity index (χ0) is 14.7. The maximum Gasteiger partial charge on any atom is 0.188 e. The normalized spacial score (nSPS) is 17.3. The fourth-order valence-electron chi connectivity index (χ4n) is 2.30. The average molecular weight is 283 g/mol. The van der Waals surface area contributed by atoms with Crippen molar-refractivity contribution in [2.24, 2.45) is 0 Å². The summed E-state index contributed by atoms with van der Waals surface area (Å²) >= 11 is 0. The van der Waals surface area contributed by atoms with Crippen LogP contribution in [0.25, 0.3) is 6.08 Å². The summed E-state index contributed by atoms with van der Waals surface area (Å²) in [6, 6.07) is 10.0. The largest absolute Gasteiger partial charge is 0.506 e. The molecule has 0 bridgehead atoms. The molecule has 1 aliphatic rings. The Bertz CT molecular complexity index is 653. The summed E-state index contributed by atoms with van der Waals surface area (Å²) in [5.74, 6) is 0.169. The molecule has 0 aliphatic carbocycles. The zero-order valence-electron chi connectivity index (χ0n) is 11.8. The van der Waals surface area contributed by atoms with Gasteiger partial charge in [0, 0.05) is 11.8 Å². The lowest BCUT2D eigenvalue weighted by Crippen LogP contribution is -2.03. The molecule has 0 fully saturated rings. The van der Waals surface area contributed by atoms with E-state index in [9.17, 15) is 5.11 Å². The molecule has 1 N–H and O–H groups in total. The van der Waals surface area contributed by atoms with Crippen molar-refractivity contribution in [3.8, 4) is 5.75 Å². The second kappa shape index (κ2) is 6.08. The molecule has 1 unspecified atom stereocenters. The van der Waals surface area contributed by atoms with Crippen LogP contribution in [0.4, 0.5) is 0 Å². The molecule has 0 radical (unpaired) electrons. The number of nitrogens with zero attached hydrogens (tertiary/aromatic N) is 1. The van der Waals surface area contributed by atoms with E-state index in [0.717, 1.165) is 11.1 Å². The Labute approximate surface area is 123 Å². The molecule has 0 spiro atoms. The van der Waals surface area contributed by atoms with Gasteiger partial charge >= 0.3 is 0 Å². The van der Waals surface area contributed by atoms with E-state index in [0.29, 0.717) is 24.5 Å². The van der Waals surface area contributed by atoms with Crippen molar-refractivity contribution in [3.63, 3.8) is 0 Å². The van der Waals surface area contributed by atoms with Gasteiger partial charge in [-0.2, -0.15) is 0 Å². The van der Waals surface area contributed by atoms with Crippen molar-refractivity contribution in [1.29, 1.82) is 0 Å². The first-order chi connectivity index (χ1) is 10.3. The molecule has 1 aliphatic heterocycles. The van der Waals surface area contributed by atoms with Gasteiger partial charge < -0.3 is 14.6 Å². The number of fused-ring (bicyclic) bond motifs is 1. The third-order valence-corrected chi connectivity index (χ3v) is 3.44. The van der Waals surface area contributed by atoms with E-state index in [4.69, 9.17) is 9.47 Å². The number of benzene rings is 1. The summed E-state index contributed by atoms with van der Waals surface area (Å²) in [5, 5.41) is 10.1. The lowest BCUT2D eigenvalue weighted by Gasteiger charge is -2.12. The van der Waals surface area contributed by atoms with E-state index in [1.807, 2.05) is 42.5 Å². The van der Waals surface area contributed by atoms with E-state index in [1.54, 1.807) is 13.1 Å². The smallest absolute Gasteiger partial charge is 0.188 e. The van der Waals surface area contributed by atoms with Gasteiger partial charge in [-0.05, 0) is 12.5 Å². The second-order valence-corrected chi connectivity index (χ2v) is 4.92. The molecule has 1 atom stereocenters. The van der Waals surface area contributed by atoms with E-state index >= 15 is 0 Å². The first-order valence-electron chi connectivity index (χ1n) is 6.88. The topological polar surface area (TPSA) is 51.6 Å². The summed E-state index contributed by atoms with van der Waals surface area (Å²) in [6.45, 7) is 2.60. The number of pyridine rings is 1. The number of hydrogen-bond acceptors (Lipinski definition) is 4. The number of aromatic hydroxyl groups is 1. The van der Waals surface area contributed by atoms with Gasteiger partial charge in [0.2, 0.25) is 0 Å². The number of hydrogen-bond donors (Lipinski definition) is 1. The second-order valence-electron chi connectivity index (χ2n) is 4.92.